The highest BCUT2D eigenvalue weighted by atomic mass is 15.3. The van der Waals surface area contributed by atoms with Crippen molar-refractivity contribution in [2.75, 3.05) is 23.8 Å². The summed E-state index contributed by atoms with van der Waals surface area (Å²) in [5, 5.41) is 3.48. The zero-order chi connectivity index (χ0) is 11.7. The Labute approximate surface area is 101 Å². The van der Waals surface area contributed by atoms with Crippen LogP contribution >= 0.6 is 0 Å². The number of nitrogens with one attached hydrogen (secondary N) is 2. The monoisotopic (exact) mass is 234 g/mol. The van der Waals surface area contributed by atoms with Crippen molar-refractivity contribution in [3.05, 3.63) is 12.4 Å². The molecule has 0 aromatic carbocycles. The third kappa shape index (κ3) is 2.05. The first-order valence-corrected chi connectivity index (χ1v) is 6.16. The quantitative estimate of drug-likeness (QED) is 0.519. The van der Waals surface area contributed by atoms with E-state index in [-0.39, 0.29) is 0 Å². The third-order valence-electron chi connectivity index (χ3n) is 3.72. The zero-order valence-corrected chi connectivity index (χ0v) is 9.76. The van der Waals surface area contributed by atoms with E-state index in [9.17, 15) is 0 Å². The minimum absolute atomic E-state index is 0.500. The van der Waals surface area contributed by atoms with Crippen LogP contribution in [-0.2, 0) is 0 Å². The maximum atomic E-state index is 5.32. The van der Waals surface area contributed by atoms with E-state index in [1.54, 1.807) is 12.4 Å². The molecule has 0 spiro atoms. The lowest BCUT2D eigenvalue weighted by Gasteiger charge is -2.21. The summed E-state index contributed by atoms with van der Waals surface area (Å²) in [7, 11) is 0. The molecule has 17 heavy (non-hydrogen) atoms. The van der Waals surface area contributed by atoms with Gasteiger partial charge in [0.1, 0.15) is 5.82 Å². The molecule has 0 amide bonds. The fourth-order valence-electron chi connectivity index (χ4n) is 2.95. The van der Waals surface area contributed by atoms with Crippen LogP contribution in [0.5, 0.6) is 0 Å². The SMILES string of the molecule is NNc1cncc(NC2CCN3CCCC23)n1. The number of aromatic nitrogens is 2. The van der Waals surface area contributed by atoms with E-state index in [2.05, 4.69) is 25.6 Å². The van der Waals surface area contributed by atoms with E-state index in [0.717, 1.165) is 5.82 Å². The van der Waals surface area contributed by atoms with Gasteiger partial charge in [-0.25, -0.2) is 10.8 Å². The molecule has 6 heteroatoms. The van der Waals surface area contributed by atoms with E-state index in [1.807, 2.05) is 0 Å². The van der Waals surface area contributed by atoms with Crippen molar-refractivity contribution >= 4 is 11.6 Å². The molecule has 92 valence electrons. The molecule has 0 saturated carbocycles. The van der Waals surface area contributed by atoms with Gasteiger partial charge in [-0.3, -0.25) is 9.88 Å². The minimum atomic E-state index is 0.500. The van der Waals surface area contributed by atoms with Gasteiger partial charge in [0.05, 0.1) is 12.4 Å². The highest BCUT2D eigenvalue weighted by Crippen LogP contribution is 2.29. The molecule has 2 fully saturated rings. The summed E-state index contributed by atoms with van der Waals surface area (Å²) < 4.78 is 0. The molecular formula is C11H18N6. The molecular weight excluding hydrogens is 216 g/mol. The van der Waals surface area contributed by atoms with Crippen LogP contribution in [0.15, 0.2) is 12.4 Å². The van der Waals surface area contributed by atoms with Gasteiger partial charge < -0.3 is 10.7 Å². The number of nitrogen functional groups attached to an aromatic ring is 1. The fraction of sp³-hybridized carbons (Fsp3) is 0.636. The lowest BCUT2D eigenvalue weighted by Crippen LogP contribution is -2.34. The van der Waals surface area contributed by atoms with Crippen LogP contribution in [0.3, 0.4) is 0 Å². The van der Waals surface area contributed by atoms with Crippen molar-refractivity contribution in [2.45, 2.75) is 31.3 Å². The van der Waals surface area contributed by atoms with Crippen molar-refractivity contribution < 1.29 is 0 Å². The third-order valence-corrected chi connectivity index (χ3v) is 3.72. The average molecular weight is 234 g/mol. The van der Waals surface area contributed by atoms with Crippen molar-refractivity contribution in [1.29, 1.82) is 0 Å². The van der Waals surface area contributed by atoms with Gasteiger partial charge in [0.15, 0.2) is 5.82 Å². The Morgan fingerprint density at radius 2 is 2.12 bits per heavy atom. The zero-order valence-electron chi connectivity index (χ0n) is 9.76. The van der Waals surface area contributed by atoms with Gasteiger partial charge >= 0.3 is 0 Å². The van der Waals surface area contributed by atoms with Gasteiger partial charge in [-0.05, 0) is 25.8 Å². The molecule has 2 unspecified atom stereocenters. The van der Waals surface area contributed by atoms with E-state index >= 15 is 0 Å². The first-order chi connectivity index (χ1) is 8.36. The van der Waals surface area contributed by atoms with Crippen LogP contribution in [0, 0.1) is 0 Å². The summed E-state index contributed by atoms with van der Waals surface area (Å²) >= 11 is 0. The van der Waals surface area contributed by atoms with Gasteiger partial charge in [-0.15, -0.1) is 0 Å². The Kier molecular flexibility index (Phi) is 2.82. The van der Waals surface area contributed by atoms with Crippen LogP contribution in [0.2, 0.25) is 0 Å². The molecule has 6 nitrogen and oxygen atoms in total. The number of nitrogens with zero attached hydrogens (tertiary/aromatic N) is 3. The van der Waals surface area contributed by atoms with E-state index in [4.69, 9.17) is 5.84 Å². The van der Waals surface area contributed by atoms with Crippen molar-refractivity contribution in [3.63, 3.8) is 0 Å². The normalized spacial score (nSPS) is 28.1. The maximum Gasteiger partial charge on any atom is 0.160 e. The van der Waals surface area contributed by atoms with Crippen molar-refractivity contribution in [2.24, 2.45) is 5.84 Å². The fourth-order valence-corrected chi connectivity index (χ4v) is 2.95. The van der Waals surface area contributed by atoms with E-state index < -0.39 is 0 Å². The molecule has 0 bridgehead atoms. The van der Waals surface area contributed by atoms with Gasteiger partial charge in [-0.2, -0.15) is 0 Å². The lowest BCUT2D eigenvalue weighted by atomic mass is 10.1. The second kappa shape index (κ2) is 4.46. The molecule has 3 rings (SSSR count). The number of hydrogen-bond donors (Lipinski definition) is 3. The Bertz CT molecular complexity index is 395. The highest BCUT2D eigenvalue weighted by Gasteiger charge is 2.37. The average Bonchev–Trinajstić information content (AvgIpc) is 2.94. The largest absolute Gasteiger partial charge is 0.364 e. The van der Waals surface area contributed by atoms with E-state index in [0.29, 0.717) is 17.9 Å². The molecule has 0 aliphatic carbocycles. The predicted molar refractivity (Wildman–Crippen MR) is 66.5 cm³/mol. The van der Waals surface area contributed by atoms with Crippen molar-refractivity contribution in [1.82, 2.24) is 14.9 Å². The molecule has 2 saturated heterocycles. The number of anilines is 2. The highest BCUT2D eigenvalue weighted by molar-refractivity contribution is 5.41. The molecule has 1 aromatic rings. The van der Waals surface area contributed by atoms with Gasteiger partial charge in [0.25, 0.3) is 0 Å². The minimum Gasteiger partial charge on any atom is -0.364 e. The standard InChI is InChI=1S/C11H18N6/c12-16-11-7-13-6-10(15-11)14-8-3-5-17-4-1-2-9(8)17/h6-9H,1-5,12H2,(H2,14,15,16). The predicted octanol–water partition coefficient (Wildman–Crippen LogP) is 0.411. The number of fused-ring (bicyclic) bond motifs is 1. The Balaban J connectivity index is 1.70. The summed E-state index contributed by atoms with van der Waals surface area (Å²) in [6.45, 7) is 2.45. The summed E-state index contributed by atoms with van der Waals surface area (Å²) in [6, 6.07) is 1.17. The maximum absolute atomic E-state index is 5.32. The summed E-state index contributed by atoms with van der Waals surface area (Å²) in [5.74, 6) is 6.72. The Hall–Kier alpha value is -1.40. The number of rotatable bonds is 3. The molecule has 2 aliphatic rings. The van der Waals surface area contributed by atoms with Gasteiger partial charge in [0, 0.05) is 18.6 Å². The van der Waals surface area contributed by atoms with Crippen LogP contribution in [0.25, 0.3) is 0 Å². The second-order valence-electron chi connectivity index (χ2n) is 4.72. The summed E-state index contributed by atoms with van der Waals surface area (Å²) in [5.41, 5.74) is 2.51. The number of nitrogens with two attached hydrogens (primary N) is 1. The Morgan fingerprint density at radius 1 is 1.24 bits per heavy atom. The first-order valence-electron chi connectivity index (χ1n) is 6.16. The van der Waals surface area contributed by atoms with Crippen LogP contribution < -0.4 is 16.6 Å². The summed E-state index contributed by atoms with van der Waals surface area (Å²) in [6.07, 6.45) is 7.16. The first kappa shape index (κ1) is 10.7. The number of hydrazine groups is 1. The second-order valence-corrected chi connectivity index (χ2v) is 4.72. The molecule has 4 N–H and O–H groups in total. The lowest BCUT2D eigenvalue weighted by molar-refractivity contribution is 0.318. The van der Waals surface area contributed by atoms with Gasteiger partial charge in [-0.1, -0.05) is 0 Å². The summed E-state index contributed by atoms with van der Waals surface area (Å²) in [4.78, 5) is 11.0. The molecule has 1 aromatic heterocycles. The van der Waals surface area contributed by atoms with Crippen molar-refractivity contribution in [3.8, 4) is 0 Å². The molecule has 0 radical (unpaired) electrons. The van der Waals surface area contributed by atoms with E-state index in [1.165, 1.54) is 32.4 Å². The molecule has 2 atom stereocenters. The number of hydrogen-bond acceptors (Lipinski definition) is 6. The van der Waals surface area contributed by atoms with Crippen LogP contribution in [0.1, 0.15) is 19.3 Å². The molecule has 3 heterocycles. The van der Waals surface area contributed by atoms with Crippen LogP contribution in [-0.4, -0.2) is 40.0 Å². The topological polar surface area (TPSA) is 79.1 Å². The van der Waals surface area contributed by atoms with Gasteiger partial charge in [0.2, 0.25) is 0 Å². The smallest absolute Gasteiger partial charge is 0.160 e. The Morgan fingerprint density at radius 3 is 3.00 bits per heavy atom. The molecule has 2 aliphatic heterocycles. The van der Waals surface area contributed by atoms with Crippen LogP contribution in [0.4, 0.5) is 11.6 Å².